The molecule has 44 heavy (non-hydrogen) atoms. The lowest BCUT2D eigenvalue weighted by Gasteiger charge is -2.31. The smallest absolute Gasteiger partial charge is 0.145 e. The molecule has 5 aromatic carbocycles. The second-order valence-corrected chi connectivity index (χ2v) is 11.8. The summed E-state index contributed by atoms with van der Waals surface area (Å²) in [5, 5.41) is 2.23. The van der Waals surface area contributed by atoms with Crippen LogP contribution in [0.5, 0.6) is 0 Å². The summed E-state index contributed by atoms with van der Waals surface area (Å²) < 4.78 is 6.88. The van der Waals surface area contributed by atoms with Crippen LogP contribution in [0.15, 0.2) is 149 Å². The Bertz CT molecular complexity index is 2170. The highest BCUT2D eigenvalue weighted by Gasteiger charge is 2.34. The summed E-state index contributed by atoms with van der Waals surface area (Å²) in [5.41, 5.74) is 13.8. The van der Waals surface area contributed by atoms with Gasteiger partial charge in [-0.1, -0.05) is 104 Å². The minimum absolute atomic E-state index is 0.143. The number of rotatable bonds is 3. The number of furan rings is 1. The van der Waals surface area contributed by atoms with Gasteiger partial charge in [-0.15, -0.1) is 0 Å². The van der Waals surface area contributed by atoms with Crippen LogP contribution in [0.25, 0.3) is 44.2 Å². The molecule has 3 heterocycles. The van der Waals surface area contributed by atoms with E-state index in [1.165, 1.54) is 27.8 Å². The molecule has 2 aliphatic heterocycles. The fourth-order valence-electron chi connectivity index (χ4n) is 7.22. The Kier molecular flexibility index (Phi) is 6.27. The second kappa shape index (κ2) is 10.5. The maximum Gasteiger partial charge on any atom is 0.145 e. The van der Waals surface area contributed by atoms with E-state index in [0.717, 1.165) is 68.6 Å². The van der Waals surface area contributed by atoms with Crippen LogP contribution in [0, 0.1) is 0 Å². The molecule has 0 aliphatic carbocycles. The zero-order chi connectivity index (χ0) is 29.8. The van der Waals surface area contributed by atoms with Crippen LogP contribution < -0.4 is 0 Å². The van der Waals surface area contributed by atoms with Crippen LogP contribution in [0.2, 0.25) is 0 Å². The summed E-state index contributed by atoms with van der Waals surface area (Å²) in [6.45, 7) is 10.6. The molecular weight excluding hydrogens is 536 g/mol. The van der Waals surface area contributed by atoms with E-state index < -0.39 is 0 Å². The Labute approximate surface area is 257 Å². The average molecular weight is 569 g/mol. The summed E-state index contributed by atoms with van der Waals surface area (Å²) >= 11 is 0. The SMILES string of the molecule is C=CC1=NC2C(=C)/N=C(/C)c3c(cc(-c4ccccc4)c4c3oc3cc(-c5ccccc5)ccc34)CCC2c2ccccc21. The third-order valence-electron chi connectivity index (χ3n) is 9.25. The monoisotopic (exact) mass is 568 g/mol. The normalized spacial score (nSPS) is 19.1. The molecule has 8 rings (SSSR count). The fourth-order valence-corrected chi connectivity index (χ4v) is 7.22. The van der Waals surface area contributed by atoms with Crippen molar-refractivity contribution < 1.29 is 4.42 Å². The first kappa shape index (κ1) is 26.4. The Morgan fingerprint density at radius 3 is 2.30 bits per heavy atom. The lowest BCUT2D eigenvalue weighted by atomic mass is 9.79. The molecule has 2 unspecified atom stereocenters. The van der Waals surface area contributed by atoms with E-state index >= 15 is 0 Å². The van der Waals surface area contributed by atoms with Crippen molar-refractivity contribution in [3.8, 4) is 22.3 Å². The molecule has 0 saturated carbocycles. The number of hydrogen-bond acceptors (Lipinski definition) is 3. The predicted molar refractivity (Wildman–Crippen MR) is 184 cm³/mol. The highest BCUT2D eigenvalue weighted by molar-refractivity contribution is 6.20. The van der Waals surface area contributed by atoms with Crippen LogP contribution in [0.3, 0.4) is 0 Å². The van der Waals surface area contributed by atoms with Crippen molar-refractivity contribution >= 4 is 33.4 Å². The average Bonchev–Trinajstić information content (AvgIpc) is 3.46. The van der Waals surface area contributed by atoms with Crippen molar-refractivity contribution in [2.45, 2.75) is 31.7 Å². The van der Waals surface area contributed by atoms with Crippen LogP contribution >= 0.6 is 0 Å². The summed E-state index contributed by atoms with van der Waals surface area (Å²) in [4.78, 5) is 10.3. The van der Waals surface area contributed by atoms with Crippen molar-refractivity contribution in [2.75, 3.05) is 0 Å². The van der Waals surface area contributed by atoms with Gasteiger partial charge < -0.3 is 4.42 Å². The Balaban J connectivity index is 1.38. The number of aliphatic imine (C=N–C) groups is 2. The van der Waals surface area contributed by atoms with Crippen molar-refractivity contribution in [2.24, 2.45) is 9.98 Å². The predicted octanol–water partition coefficient (Wildman–Crippen LogP) is 10.3. The molecule has 3 heteroatoms. The molecule has 0 spiro atoms. The number of allylic oxidation sites excluding steroid dienone is 1. The van der Waals surface area contributed by atoms with Gasteiger partial charge in [0.2, 0.25) is 0 Å². The molecule has 212 valence electrons. The van der Waals surface area contributed by atoms with E-state index in [-0.39, 0.29) is 12.0 Å². The van der Waals surface area contributed by atoms with Gasteiger partial charge in [-0.25, -0.2) is 0 Å². The molecule has 0 fully saturated rings. The number of fused-ring (bicyclic) bond motifs is 8. The van der Waals surface area contributed by atoms with E-state index in [1.54, 1.807) is 0 Å². The van der Waals surface area contributed by atoms with Gasteiger partial charge in [0.25, 0.3) is 0 Å². The first-order valence-electron chi connectivity index (χ1n) is 15.3. The summed E-state index contributed by atoms with van der Waals surface area (Å²) in [7, 11) is 0. The van der Waals surface area contributed by atoms with E-state index in [1.807, 2.05) is 12.1 Å². The molecule has 0 bridgehead atoms. The highest BCUT2D eigenvalue weighted by atomic mass is 16.3. The van der Waals surface area contributed by atoms with E-state index in [0.29, 0.717) is 0 Å². The van der Waals surface area contributed by atoms with Gasteiger partial charge in [-0.3, -0.25) is 9.98 Å². The molecule has 2 atom stereocenters. The fraction of sp³-hybridized carbons (Fsp3) is 0.122. The molecule has 0 radical (unpaired) electrons. The summed E-state index contributed by atoms with van der Waals surface area (Å²) in [5.74, 6) is 0.171. The molecule has 0 amide bonds. The van der Waals surface area contributed by atoms with Gasteiger partial charge in [-0.05, 0) is 77.4 Å². The minimum atomic E-state index is -0.143. The van der Waals surface area contributed by atoms with Crippen LogP contribution in [0.4, 0.5) is 0 Å². The molecule has 0 saturated heterocycles. The molecule has 2 aliphatic rings. The highest BCUT2D eigenvalue weighted by Crippen LogP contribution is 2.44. The van der Waals surface area contributed by atoms with Crippen LogP contribution in [-0.2, 0) is 6.42 Å². The van der Waals surface area contributed by atoms with Crippen LogP contribution in [0.1, 0.15) is 41.5 Å². The number of benzene rings is 5. The van der Waals surface area contributed by atoms with Crippen molar-refractivity contribution in [1.82, 2.24) is 0 Å². The maximum absolute atomic E-state index is 6.88. The first-order chi connectivity index (χ1) is 21.6. The van der Waals surface area contributed by atoms with Crippen molar-refractivity contribution in [3.63, 3.8) is 0 Å². The van der Waals surface area contributed by atoms with Crippen molar-refractivity contribution in [3.05, 3.63) is 156 Å². The van der Waals surface area contributed by atoms with Gasteiger partial charge in [0, 0.05) is 33.5 Å². The zero-order valence-corrected chi connectivity index (χ0v) is 24.8. The molecular formula is C41H32N2O. The second-order valence-electron chi connectivity index (χ2n) is 11.8. The van der Waals surface area contributed by atoms with Crippen LogP contribution in [-0.4, -0.2) is 17.5 Å². The minimum Gasteiger partial charge on any atom is -0.455 e. The quantitative estimate of drug-likeness (QED) is 0.209. The lowest BCUT2D eigenvalue weighted by molar-refractivity contribution is 0.540. The Morgan fingerprint density at radius 2 is 1.52 bits per heavy atom. The standard InChI is InChI=1S/C41H32N2O/c1-4-36-32-18-12-11-17-31(32)33-21-20-30-23-35(28-15-9-6-10-16-28)39-34-22-19-29(27-13-7-5-8-14-27)24-37(34)44-41(39)38(30)25(2)42-26(3)40(33)43-36/h4-19,22-24,33,40H,1,3,20-21H2,2H3/b42-25-. The summed E-state index contributed by atoms with van der Waals surface area (Å²) in [6, 6.07) is 38.5. The Hall–Kier alpha value is -5.28. The Morgan fingerprint density at radius 1 is 0.795 bits per heavy atom. The summed E-state index contributed by atoms with van der Waals surface area (Å²) in [6.07, 6.45) is 3.64. The number of nitrogens with zero attached hydrogens (tertiary/aromatic N) is 2. The van der Waals surface area contributed by atoms with E-state index in [9.17, 15) is 0 Å². The largest absolute Gasteiger partial charge is 0.455 e. The molecule has 0 N–H and O–H groups in total. The number of aryl methyl sites for hydroxylation is 1. The first-order valence-corrected chi connectivity index (χ1v) is 15.3. The van der Waals surface area contributed by atoms with Gasteiger partial charge in [0.1, 0.15) is 11.2 Å². The van der Waals surface area contributed by atoms with E-state index in [2.05, 4.69) is 123 Å². The maximum atomic E-state index is 6.88. The van der Waals surface area contributed by atoms with Gasteiger partial charge in [0.15, 0.2) is 0 Å². The van der Waals surface area contributed by atoms with Gasteiger partial charge in [-0.2, -0.15) is 0 Å². The van der Waals surface area contributed by atoms with E-state index in [4.69, 9.17) is 14.4 Å². The molecule has 3 nitrogen and oxygen atoms in total. The molecule has 6 aromatic rings. The number of hydrogen-bond donors (Lipinski definition) is 0. The third kappa shape index (κ3) is 4.19. The van der Waals surface area contributed by atoms with Crippen molar-refractivity contribution in [1.29, 1.82) is 0 Å². The molecule has 1 aromatic heterocycles. The zero-order valence-electron chi connectivity index (χ0n) is 24.8. The lowest BCUT2D eigenvalue weighted by Crippen LogP contribution is -2.27. The van der Waals surface area contributed by atoms with Gasteiger partial charge in [0.05, 0.1) is 17.5 Å². The third-order valence-corrected chi connectivity index (χ3v) is 9.25. The van der Waals surface area contributed by atoms with Gasteiger partial charge >= 0.3 is 0 Å². The topological polar surface area (TPSA) is 37.9 Å².